The molecule has 0 N–H and O–H groups in total. The van der Waals surface area contributed by atoms with Crippen LogP contribution >= 0.6 is 0 Å². The Hall–Kier alpha value is -2.67. The highest BCUT2D eigenvalue weighted by Crippen LogP contribution is 2.22. The largest absolute Gasteiger partial charge is 0.385 e. The summed E-state index contributed by atoms with van der Waals surface area (Å²) in [4.78, 5) is 32.9. The fourth-order valence-corrected chi connectivity index (χ4v) is 4.06. The number of aromatic nitrogens is 3. The van der Waals surface area contributed by atoms with Gasteiger partial charge in [-0.2, -0.15) is 0 Å². The highest BCUT2D eigenvalue weighted by Gasteiger charge is 2.26. The highest BCUT2D eigenvalue weighted by atomic mass is 16.5. The molecule has 3 aromatic heterocycles. The molecule has 148 valence electrons. The van der Waals surface area contributed by atoms with Crippen molar-refractivity contribution in [3.8, 4) is 0 Å². The molecule has 0 spiro atoms. The van der Waals surface area contributed by atoms with Gasteiger partial charge in [-0.3, -0.25) is 14.0 Å². The molecule has 1 atom stereocenters. The van der Waals surface area contributed by atoms with E-state index in [-0.39, 0.29) is 11.5 Å². The van der Waals surface area contributed by atoms with Crippen molar-refractivity contribution in [2.75, 3.05) is 26.8 Å². The lowest BCUT2D eigenvalue weighted by molar-refractivity contribution is 0.0671. The molecule has 1 saturated heterocycles. The van der Waals surface area contributed by atoms with Crippen LogP contribution in [0.4, 0.5) is 0 Å². The number of likely N-dealkylation sites (tertiary alicyclic amines) is 1. The van der Waals surface area contributed by atoms with Crippen LogP contribution in [-0.2, 0) is 11.3 Å². The molecule has 0 saturated carbocycles. The number of nitrogens with zero attached hydrogens (tertiary/aromatic N) is 4. The minimum atomic E-state index is -0.146. The van der Waals surface area contributed by atoms with Gasteiger partial charge in [0.05, 0.1) is 5.39 Å². The molecule has 0 bridgehead atoms. The van der Waals surface area contributed by atoms with Crippen LogP contribution in [0.3, 0.4) is 0 Å². The summed E-state index contributed by atoms with van der Waals surface area (Å²) in [5.74, 6) is 0.478. The van der Waals surface area contributed by atoms with Crippen LogP contribution in [0.25, 0.3) is 16.7 Å². The van der Waals surface area contributed by atoms with Crippen LogP contribution in [0.1, 0.15) is 36.7 Å². The molecule has 0 unspecified atom stereocenters. The van der Waals surface area contributed by atoms with E-state index in [0.717, 1.165) is 32.4 Å². The van der Waals surface area contributed by atoms with E-state index in [1.54, 1.807) is 31.5 Å². The lowest BCUT2D eigenvalue weighted by atomic mass is 10.00. The maximum Gasteiger partial charge on any atom is 0.270 e. The summed E-state index contributed by atoms with van der Waals surface area (Å²) in [5.41, 5.74) is 1.55. The number of pyridine rings is 1. The Morgan fingerprint density at radius 3 is 3.00 bits per heavy atom. The van der Waals surface area contributed by atoms with Crippen molar-refractivity contribution in [3.05, 3.63) is 46.5 Å². The topological polar surface area (TPSA) is 68.8 Å². The average Bonchev–Trinajstić information content (AvgIpc) is 3.07. The molecule has 4 heterocycles. The zero-order valence-corrected chi connectivity index (χ0v) is 16.4. The summed E-state index contributed by atoms with van der Waals surface area (Å²) in [6.45, 7) is 4.86. The first-order valence-corrected chi connectivity index (χ1v) is 9.89. The Labute approximate surface area is 163 Å². The molecular formula is C21H26N4O3. The number of methoxy groups -OCH3 is 1. The average molecular weight is 382 g/mol. The Morgan fingerprint density at radius 2 is 2.21 bits per heavy atom. The first-order valence-electron chi connectivity index (χ1n) is 9.89. The van der Waals surface area contributed by atoms with E-state index in [2.05, 4.69) is 6.92 Å². The maximum absolute atomic E-state index is 13.3. The van der Waals surface area contributed by atoms with Gasteiger partial charge in [0.1, 0.15) is 17.0 Å². The molecule has 0 radical (unpaired) electrons. The number of piperidine rings is 1. The van der Waals surface area contributed by atoms with E-state index >= 15 is 0 Å². The standard InChI is InChI=1S/C21H26N4O3/c1-15-7-5-9-23(14-15)21(27)17-13-16-19(24(17)11-6-12-28-2)22-18-8-3-4-10-25(18)20(16)26/h3-4,8,10,13,15H,5-7,9,11-12,14H2,1-2H3/t15-/m1/s1. The van der Waals surface area contributed by atoms with Gasteiger partial charge < -0.3 is 14.2 Å². The first-order chi connectivity index (χ1) is 13.6. The number of carbonyl (C=O) groups excluding carboxylic acids is 1. The van der Waals surface area contributed by atoms with Crippen LogP contribution in [0.2, 0.25) is 0 Å². The smallest absolute Gasteiger partial charge is 0.270 e. The van der Waals surface area contributed by atoms with Crippen molar-refractivity contribution in [2.24, 2.45) is 5.92 Å². The van der Waals surface area contributed by atoms with Crippen molar-refractivity contribution in [3.63, 3.8) is 0 Å². The molecule has 7 nitrogen and oxygen atoms in total. The second-order valence-electron chi connectivity index (χ2n) is 7.61. The van der Waals surface area contributed by atoms with E-state index in [0.29, 0.717) is 41.4 Å². The fraction of sp³-hybridized carbons (Fsp3) is 0.476. The van der Waals surface area contributed by atoms with Gasteiger partial charge in [0.25, 0.3) is 11.5 Å². The number of fused-ring (bicyclic) bond motifs is 2. The molecule has 3 aromatic rings. The molecular weight excluding hydrogens is 356 g/mol. The van der Waals surface area contributed by atoms with Crippen molar-refractivity contribution < 1.29 is 9.53 Å². The van der Waals surface area contributed by atoms with Crippen LogP contribution < -0.4 is 5.56 Å². The monoisotopic (exact) mass is 382 g/mol. The summed E-state index contributed by atoms with van der Waals surface area (Å²) in [6, 6.07) is 7.19. The number of hydrogen-bond donors (Lipinski definition) is 0. The summed E-state index contributed by atoms with van der Waals surface area (Å²) in [5, 5.41) is 0.481. The first kappa shape index (κ1) is 18.7. The Bertz CT molecular complexity index is 1070. The second-order valence-corrected chi connectivity index (χ2v) is 7.61. The van der Waals surface area contributed by atoms with Crippen LogP contribution in [-0.4, -0.2) is 51.6 Å². The second kappa shape index (κ2) is 7.75. The summed E-state index contributed by atoms with van der Waals surface area (Å²) < 4.78 is 8.60. The van der Waals surface area contributed by atoms with Gasteiger partial charge in [-0.15, -0.1) is 0 Å². The Balaban J connectivity index is 1.85. The molecule has 1 fully saturated rings. The molecule has 4 rings (SSSR count). The quantitative estimate of drug-likeness (QED) is 0.636. The van der Waals surface area contributed by atoms with Gasteiger partial charge in [-0.25, -0.2) is 4.98 Å². The van der Waals surface area contributed by atoms with Crippen molar-refractivity contribution in [1.29, 1.82) is 0 Å². The van der Waals surface area contributed by atoms with Gasteiger partial charge in [0.15, 0.2) is 0 Å². The zero-order chi connectivity index (χ0) is 19.7. The lowest BCUT2D eigenvalue weighted by Gasteiger charge is -2.31. The van der Waals surface area contributed by atoms with Crippen molar-refractivity contribution in [2.45, 2.75) is 32.7 Å². The molecule has 1 aliphatic heterocycles. The molecule has 0 aromatic carbocycles. The highest BCUT2D eigenvalue weighted by molar-refractivity contribution is 5.98. The zero-order valence-electron chi connectivity index (χ0n) is 16.4. The number of rotatable bonds is 5. The summed E-state index contributed by atoms with van der Waals surface area (Å²) in [7, 11) is 1.66. The SMILES string of the molecule is COCCCn1c(C(=O)N2CCC[C@@H](C)C2)cc2c(=O)n3ccccc3nc21. The van der Waals surface area contributed by atoms with Crippen LogP contribution in [0.15, 0.2) is 35.3 Å². The third-order valence-electron chi connectivity index (χ3n) is 5.47. The minimum absolute atomic E-state index is 0.0181. The molecule has 1 aliphatic rings. The van der Waals surface area contributed by atoms with Gasteiger partial charge in [0, 0.05) is 39.5 Å². The predicted molar refractivity (Wildman–Crippen MR) is 108 cm³/mol. The number of amides is 1. The predicted octanol–water partition coefficient (Wildman–Crippen LogP) is 2.56. The lowest BCUT2D eigenvalue weighted by Crippen LogP contribution is -2.40. The van der Waals surface area contributed by atoms with Crippen LogP contribution in [0.5, 0.6) is 0 Å². The fourth-order valence-electron chi connectivity index (χ4n) is 4.06. The van der Waals surface area contributed by atoms with Gasteiger partial charge in [-0.05, 0) is 43.4 Å². The van der Waals surface area contributed by atoms with Crippen molar-refractivity contribution >= 4 is 22.6 Å². The van der Waals surface area contributed by atoms with Crippen molar-refractivity contribution in [1.82, 2.24) is 18.9 Å². The van der Waals surface area contributed by atoms with E-state index in [9.17, 15) is 9.59 Å². The molecule has 1 amide bonds. The number of hydrogen-bond acceptors (Lipinski definition) is 4. The van der Waals surface area contributed by atoms with E-state index in [1.165, 1.54) is 4.40 Å². The maximum atomic E-state index is 13.3. The van der Waals surface area contributed by atoms with Crippen LogP contribution in [0, 0.1) is 5.92 Å². The number of ether oxygens (including phenoxy) is 1. The van der Waals surface area contributed by atoms with E-state index in [4.69, 9.17) is 9.72 Å². The molecule has 0 aliphatic carbocycles. The minimum Gasteiger partial charge on any atom is -0.385 e. The van der Waals surface area contributed by atoms with Gasteiger partial charge >= 0.3 is 0 Å². The third kappa shape index (κ3) is 3.30. The molecule has 7 heteroatoms. The normalized spacial score (nSPS) is 17.5. The van der Waals surface area contributed by atoms with Gasteiger partial charge in [0.2, 0.25) is 0 Å². The van der Waals surface area contributed by atoms with E-state index in [1.807, 2.05) is 15.5 Å². The summed E-state index contributed by atoms with van der Waals surface area (Å²) >= 11 is 0. The third-order valence-corrected chi connectivity index (χ3v) is 5.47. The van der Waals surface area contributed by atoms with Gasteiger partial charge in [-0.1, -0.05) is 13.0 Å². The Kier molecular flexibility index (Phi) is 5.17. The number of aryl methyl sites for hydroxylation is 1. The van der Waals surface area contributed by atoms with E-state index < -0.39 is 0 Å². The number of carbonyl (C=O) groups is 1. The molecule has 28 heavy (non-hydrogen) atoms. The summed E-state index contributed by atoms with van der Waals surface area (Å²) in [6.07, 6.45) is 4.61. The Morgan fingerprint density at radius 1 is 1.36 bits per heavy atom.